The fourth-order valence-electron chi connectivity index (χ4n) is 3.23. The third-order valence-electron chi connectivity index (χ3n) is 4.84. The van der Waals surface area contributed by atoms with Crippen LogP contribution in [0.3, 0.4) is 0 Å². The van der Waals surface area contributed by atoms with E-state index in [0.29, 0.717) is 45.2 Å². The van der Waals surface area contributed by atoms with Crippen molar-refractivity contribution >= 4 is 0 Å². The number of allylic oxidation sites excluding steroid dienone is 1. The van der Waals surface area contributed by atoms with Crippen LogP contribution in [0.1, 0.15) is 31.7 Å². The largest absolute Gasteiger partial charge is 0.352 e. The summed E-state index contributed by atoms with van der Waals surface area (Å²) < 4.78 is 49.4. The fraction of sp³-hybridized carbons (Fsp3) is 0.619. The Hall–Kier alpha value is -1.34. The van der Waals surface area contributed by atoms with E-state index in [1.54, 1.807) is 6.07 Å². The lowest BCUT2D eigenvalue weighted by atomic mass is 10.1. The van der Waals surface area contributed by atoms with Gasteiger partial charge in [-0.05, 0) is 30.5 Å². The Kier molecular flexibility index (Phi) is 7.76. The van der Waals surface area contributed by atoms with Crippen LogP contribution in [0.5, 0.6) is 0 Å². The summed E-state index contributed by atoms with van der Waals surface area (Å²) in [4.78, 5) is 0. The van der Waals surface area contributed by atoms with Crippen LogP contribution < -0.4 is 0 Å². The van der Waals surface area contributed by atoms with Gasteiger partial charge in [0.15, 0.2) is 24.2 Å². The summed E-state index contributed by atoms with van der Waals surface area (Å²) in [6, 6.07) is 3.95. The zero-order valence-corrected chi connectivity index (χ0v) is 15.7. The molecule has 0 atom stereocenters. The van der Waals surface area contributed by atoms with Crippen LogP contribution in [-0.2, 0) is 25.4 Å². The lowest BCUT2D eigenvalue weighted by molar-refractivity contribution is -0.278. The molecule has 27 heavy (non-hydrogen) atoms. The van der Waals surface area contributed by atoms with Gasteiger partial charge in [-0.1, -0.05) is 31.6 Å². The third kappa shape index (κ3) is 6.07. The molecule has 0 spiro atoms. The molecule has 1 aromatic carbocycles. The summed E-state index contributed by atoms with van der Waals surface area (Å²) in [5.41, 5.74) is 0.726. The Morgan fingerprint density at radius 2 is 1.74 bits per heavy atom. The molecule has 1 aromatic rings. The third-order valence-corrected chi connectivity index (χ3v) is 4.84. The smallest absolute Gasteiger partial charge is 0.164 e. The first-order valence-electron chi connectivity index (χ1n) is 9.72. The zero-order chi connectivity index (χ0) is 19.1. The summed E-state index contributed by atoms with van der Waals surface area (Å²) in [7, 11) is 0. The molecule has 0 amide bonds. The maximum absolute atomic E-state index is 13.2. The van der Waals surface area contributed by atoms with Gasteiger partial charge >= 0.3 is 0 Å². The van der Waals surface area contributed by atoms with E-state index >= 15 is 0 Å². The molecule has 2 aliphatic rings. The van der Waals surface area contributed by atoms with Crippen molar-refractivity contribution < 1.29 is 27.7 Å². The summed E-state index contributed by atoms with van der Waals surface area (Å²) in [5, 5.41) is 0. The summed E-state index contributed by atoms with van der Waals surface area (Å²) in [6.45, 7) is 4.47. The lowest BCUT2D eigenvalue weighted by Crippen LogP contribution is -2.44. The fourth-order valence-corrected chi connectivity index (χ4v) is 3.23. The van der Waals surface area contributed by atoms with Crippen molar-refractivity contribution in [3.05, 3.63) is 47.5 Å². The van der Waals surface area contributed by atoms with Crippen LogP contribution >= 0.6 is 0 Å². The molecule has 150 valence electrons. The molecule has 0 bridgehead atoms. The molecule has 0 saturated carbocycles. The molecule has 2 saturated heterocycles. The van der Waals surface area contributed by atoms with Gasteiger partial charge in [-0.2, -0.15) is 0 Å². The average molecular weight is 382 g/mol. The minimum atomic E-state index is -0.831. The van der Waals surface area contributed by atoms with E-state index in [1.807, 2.05) is 0 Å². The van der Waals surface area contributed by atoms with Crippen molar-refractivity contribution in [1.82, 2.24) is 0 Å². The monoisotopic (exact) mass is 382 g/mol. The molecule has 0 aliphatic carbocycles. The second kappa shape index (κ2) is 10.3. The van der Waals surface area contributed by atoms with Crippen molar-refractivity contribution in [2.45, 2.75) is 45.2 Å². The topological polar surface area (TPSA) is 36.9 Å². The van der Waals surface area contributed by atoms with Gasteiger partial charge in [-0.15, -0.1) is 0 Å². The lowest BCUT2D eigenvalue weighted by Gasteiger charge is -2.37. The minimum Gasteiger partial charge on any atom is -0.352 e. The molecule has 0 unspecified atom stereocenters. The van der Waals surface area contributed by atoms with Gasteiger partial charge in [0.25, 0.3) is 0 Å². The maximum atomic E-state index is 13.2. The van der Waals surface area contributed by atoms with Crippen molar-refractivity contribution in [2.75, 3.05) is 26.4 Å². The van der Waals surface area contributed by atoms with Crippen molar-refractivity contribution in [1.29, 1.82) is 0 Å². The summed E-state index contributed by atoms with van der Waals surface area (Å²) >= 11 is 0. The first-order chi connectivity index (χ1) is 13.2. The molecule has 0 aromatic heterocycles. The summed E-state index contributed by atoms with van der Waals surface area (Å²) in [5.74, 6) is -1.30. The maximum Gasteiger partial charge on any atom is 0.164 e. The van der Waals surface area contributed by atoms with Crippen LogP contribution in [-0.4, -0.2) is 39.0 Å². The molecule has 0 N–H and O–H groups in total. The Morgan fingerprint density at radius 1 is 1.00 bits per heavy atom. The highest BCUT2D eigenvalue weighted by molar-refractivity contribution is 5.17. The van der Waals surface area contributed by atoms with Gasteiger partial charge in [0.2, 0.25) is 0 Å². The SMILES string of the molecule is CCC/C=C/C1COC(C2COC(CCc3ccc(F)c(F)c3)OC2)OC1. The first kappa shape index (κ1) is 20.4. The highest BCUT2D eigenvalue weighted by atomic mass is 19.2. The number of unbranched alkanes of at least 4 members (excludes halogenated alkanes) is 1. The quantitative estimate of drug-likeness (QED) is 0.662. The van der Waals surface area contributed by atoms with Gasteiger partial charge in [0, 0.05) is 12.3 Å². The minimum absolute atomic E-state index is 0.0464. The van der Waals surface area contributed by atoms with Crippen molar-refractivity contribution in [3.8, 4) is 0 Å². The molecular formula is C21H28F2O4. The first-order valence-corrected chi connectivity index (χ1v) is 9.72. The van der Waals surface area contributed by atoms with E-state index in [2.05, 4.69) is 19.1 Å². The van der Waals surface area contributed by atoms with E-state index in [1.165, 1.54) is 6.07 Å². The predicted molar refractivity (Wildman–Crippen MR) is 97.1 cm³/mol. The molecule has 0 radical (unpaired) electrons. The van der Waals surface area contributed by atoms with E-state index < -0.39 is 11.6 Å². The molecule has 2 fully saturated rings. The Labute approximate surface area is 159 Å². The highest BCUT2D eigenvalue weighted by Gasteiger charge is 2.33. The number of halogens is 2. The van der Waals surface area contributed by atoms with Crippen molar-refractivity contribution in [3.63, 3.8) is 0 Å². The molecule has 3 rings (SSSR count). The van der Waals surface area contributed by atoms with E-state index in [4.69, 9.17) is 18.9 Å². The van der Waals surface area contributed by atoms with Gasteiger partial charge < -0.3 is 18.9 Å². The Balaban J connectivity index is 1.36. The second-order valence-electron chi connectivity index (χ2n) is 7.16. The number of rotatable bonds is 7. The van der Waals surface area contributed by atoms with Crippen LogP contribution in [0.15, 0.2) is 30.4 Å². The number of benzene rings is 1. The normalized spacial score (nSPS) is 29.3. The number of aryl methyl sites for hydroxylation is 1. The molecule has 2 heterocycles. The van der Waals surface area contributed by atoms with E-state index in [0.717, 1.165) is 24.5 Å². The number of hydrogen-bond donors (Lipinski definition) is 0. The van der Waals surface area contributed by atoms with Gasteiger partial charge in [-0.25, -0.2) is 8.78 Å². The molecule has 6 heteroatoms. The molecular weight excluding hydrogens is 354 g/mol. The standard InChI is InChI=1S/C21H28F2O4/c1-2-3-4-5-16-11-26-21(27-12-16)17-13-24-20(25-14-17)9-7-15-6-8-18(22)19(23)10-15/h4-6,8,10,16-17,20-21H,2-3,7,9,11-14H2,1H3/b5-4+. The van der Waals surface area contributed by atoms with Crippen LogP contribution in [0, 0.1) is 23.5 Å². The average Bonchev–Trinajstić information content (AvgIpc) is 2.70. The Bertz CT molecular complexity index is 606. The zero-order valence-electron chi connectivity index (χ0n) is 15.7. The van der Waals surface area contributed by atoms with Crippen LogP contribution in [0.4, 0.5) is 8.78 Å². The molecule has 2 aliphatic heterocycles. The highest BCUT2D eigenvalue weighted by Crippen LogP contribution is 2.24. The van der Waals surface area contributed by atoms with Gasteiger partial charge in [0.1, 0.15) is 0 Å². The van der Waals surface area contributed by atoms with E-state index in [-0.39, 0.29) is 18.5 Å². The van der Waals surface area contributed by atoms with E-state index in [9.17, 15) is 8.78 Å². The second-order valence-corrected chi connectivity index (χ2v) is 7.16. The van der Waals surface area contributed by atoms with Gasteiger partial charge in [-0.3, -0.25) is 0 Å². The summed E-state index contributed by atoms with van der Waals surface area (Å²) in [6.07, 6.45) is 7.08. The van der Waals surface area contributed by atoms with Crippen LogP contribution in [0.2, 0.25) is 0 Å². The Morgan fingerprint density at radius 3 is 2.41 bits per heavy atom. The van der Waals surface area contributed by atoms with Gasteiger partial charge in [0.05, 0.1) is 32.3 Å². The molecule has 4 nitrogen and oxygen atoms in total. The number of hydrogen-bond acceptors (Lipinski definition) is 4. The number of ether oxygens (including phenoxy) is 4. The predicted octanol–water partition coefficient (Wildman–Crippen LogP) is 4.23. The van der Waals surface area contributed by atoms with Crippen LogP contribution in [0.25, 0.3) is 0 Å². The van der Waals surface area contributed by atoms with Crippen molar-refractivity contribution in [2.24, 2.45) is 11.8 Å².